The molecule has 2 rings (SSSR count). The highest BCUT2D eigenvalue weighted by molar-refractivity contribution is 4.81. The molecule has 1 N–H and O–H groups in total. The highest BCUT2D eigenvalue weighted by atomic mass is 14.9. The van der Waals surface area contributed by atoms with E-state index in [1.165, 1.54) is 51.5 Å². The summed E-state index contributed by atoms with van der Waals surface area (Å²) in [7, 11) is 0. The molecule has 2 unspecified atom stereocenters. The average Bonchev–Trinajstić information content (AvgIpc) is 2.52. The molecule has 1 nitrogen and oxygen atoms in total. The van der Waals surface area contributed by atoms with Crippen LogP contribution in [0.5, 0.6) is 0 Å². The second kappa shape index (κ2) is 4.45. The van der Waals surface area contributed by atoms with Crippen LogP contribution in [0.3, 0.4) is 0 Å². The summed E-state index contributed by atoms with van der Waals surface area (Å²) in [6.07, 6.45) is 10.3. The second-order valence-electron chi connectivity index (χ2n) is 5.04. The van der Waals surface area contributed by atoms with E-state index in [2.05, 4.69) is 12.2 Å². The van der Waals surface area contributed by atoms with Crippen LogP contribution in [0.4, 0.5) is 0 Å². The topological polar surface area (TPSA) is 12.0 Å². The highest BCUT2D eigenvalue weighted by Crippen LogP contribution is 2.38. The lowest BCUT2D eigenvalue weighted by molar-refractivity contribution is 0.320. The van der Waals surface area contributed by atoms with E-state index in [-0.39, 0.29) is 0 Å². The fraction of sp³-hybridized carbons (Fsp3) is 1.00. The van der Waals surface area contributed by atoms with E-state index in [0.29, 0.717) is 0 Å². The summed E-state index contributed by atoms with van der Waals surface area (Å²) in [5.41, 5.74) is 0. The van der Waals surface area contributed by atoms with Crippen molar-refractivity contribution in [3.63, 3.8) is 0 Å². The summed E-state index contributed by atoms with van der Waals surface area (Å²) in [6.45, 7) is 3.61. The van der Waals surface area contributed by atoms with Crippen LogP contribution in [0.15, 0.2) is 0 Å². The molecule has 1 heterocycles. The molecule has 1 saturated heterocycles. The Morgan fingerprint density at radius 2 is 1.69 bits per heavy atom. The Labute approximate surface area is 82.3 Å². The van der Waals surface area contributed by atoms with E-state index >= 15 is 0 Å². The smallest absolute Gasteiger partial charge is 0.00414 e. The van der Waals surface area contributed by atoms with Crippen molar-refractivity contribution in [3.8, 4) is 0 Å². The van der Waals surface area contributed by atoms with Crippen molar-refractivity contribution in [3.05, 3.63) is 0 Å². The number of nitrogens with one attached hydrogen (secondary N) is 1. The third-order valence-corrected chi connectivity index (χ3v) is 3.97. The van der Waals surface area contributed by atoms with Crippen molar-refractivity contribution in [1.82, 2.24) is 5.32 Å². The molecule has 0 radical (unpaired) electrons. The SMILES string of the molecule is CC1C[C@H]2CCCC2CCCCN1. The van der Waals surface area contributed by atoms with Crippen molar-refractivity contribution in [2.75, 3.05) is 6.54 Å². The molecule has 13 heavy (non-hydrogen) atoms. The Hall–Kier alpha value is -0.0400. The van der Waals surface area contributed by atoms with Gasteiger partial charge in [-0.2, -0.15) is 0 Å². The van der Waals surface area contributed by atoms with Crippen LogP contribution >= 0.6 is 0 Å². The van der Waals surface area contributed by atoms with E-state index in [0.717, 1.165) is 17.9 Å². The minimum atomic E-state index is 0.767. The van der Waals surface area contributed by atoms with Crippen molar-refractivity contribution >= 4 is 0 Å². The molecule has 2 fully saturated rings. The lowest BCUT2D eigenvalue weighted by Gasteiger charge is -2.21. The van der Waals surface area contributed by atoms with Gasteiger partial charge in [0.1, 0.15) is 0 Å². The highest BCUT2D eigenvalue weighted by Gasteiger charge is 2.28. The normalized spacial score (nSPS) is 41.8. The van der Waals surface area contributed by atoms with Gasteiger partial charge in [0.15, 0.2) is 0 Å². The van der Waals surface area contributed by atoms with Crippen molar-refractivity contribution < 1.29 is 0 Å². The summed E-state index contributed by atoms with van der Waals surface area (Å²) in [6, 6.07) is 0.767. The number of rotatable bonds is 0. The summed E-state index contributed by atoms with van der Waals surface area (Å²) in [5, 5.41) is 3.64. The van der Waals surface area contributed by atoms with Crippen LogP contribution < -0.4 is 5.32 Å². The van der Waals surface area contributed by atoms with Crippen LogP contribution in [0.25, 0.3) is 0 Å². The third kappa shape index (κ3) is 2.46. The van der Waals surface area contributed by atoms with Gasteiger partial charge in [-0.25, -0.2) is 0 Å². The summed E-state index contributed by atoms with van der Waals surface area (Å²) >= 11 is 0. The van der Waals surface area contributed by atoms with Gasteiger partial charge in [0.2, 0.25) is 0 Å². The first-order chi connectivity index (χ1) is 6.36. The molecule has 0 bridgehead atoms. The molecule has 76 valence electrons. The van der Waals surface area contributed by atoms with Crippen LogP contribution in [0.1, 0.15) is 51.9 Å². The molecule has 0 amide bonds. The molecular weight excluding hydrogens is 158 g/mol. The summed E-state index contributed by atoms with van der Waals surface area (Å²) in [4.78, 5) is 0. The van der Waals surface area contributed by atoms with E-state index in [9.17, 15) is 0 Å². The number of hydrogen-bond donors (Lipinski definition) is 1. The number of hydrogen-bond acceptors (Lipinski definition) is 1. The Kier molecular flexibility index (Phi) is 3.26. The van der Waals surface area contributed by atoms with Gasteiger partial charge in [-0.3, -0.25) is 0 Å². The molecule has 0 spiro atoms. The quantitative estimate of drug-likeness (QED) is 0.606. The summed E-state index contributed by atoms with van der Waals surface area (Å²) in [5.74, 6) is 2.14. The zero-order valence-electron chi connectivity index (χ0n) is 8.89. The van der Waals surface area contributed by atoms with Gasteiger partial charge in [0, 0.05) is 6.04 Å². The van der Waals surface area contributed by atoms with Crippen LogP contribution in [-0.4, -0.2) is 12.6 Å². The van der Waals surface area contributed by atoms with E-state index in [1.807, 2.05) is 0 Å². The predicted octanol–water partition coefficient (Wildman–Crippen LogP) is 2.95. The van der Waals surface area contributed by atoms with Gasteiger partial charge in [-0.15, -0.1) is 0 Å². The Balaban J connectivity index is 1.93. The molecule has 1 saturated carbocycles. The fourth-order valence-electron chi connectivity index (χ4n) is 3.22. The Morgan fingerprint density at radius 1 is 0.923 bits per heavy atom. The molecule has 0 aromatic carbocycles. The summed E-state index contributed by atoms with van der Waals surface area (Å²) < 4.78 is 0. The van der Waals surface area contributed by atoms with Gasteiger partial charge >= 0.3 is 0 Å². The van der Waals surface area contributed by atoms with Crippen molar-refractivity contribution in [2.45, 2.75) is 57.9 Å². The maximum Gasteiger partial charge on any atom is 0.00414 e. The maximum absolute atomic E-state index is 3.64. The Bertz CT molecular complexity index is 155. The molecule has 1 heteroatoms. The first kappa shape index (κ1) is 9.51. The molecule has 1 aliphatic heterocycles. The molecular formula is C12H23N. The van der Waals surface area contributed by atoms with Gasteiger partial charge < -0.3 is 5.32 Å². The predicted molar refractivity (Wildman–Crippen MR) is 56.8 cm³/mol. The molecule has 1 aliphatic carbocycles. The van der Waals surface area contributed by atoms with E-state index in [4.69, 9.17) is 0 Å². The molecule has 0 aromatic rings. The van der Waals surface area contributed by atoms with E-state index < -0.39 is 0 Å². The fourth-order valence-corrected chi connectivity index (χ4v) is 3.22. The molecule has 2 aliphatic rings. The van der Waals surface area contributed by atoms with Crippen molar-refractivity contribution in [2.24, 2.45) is 11.8 Å². The first-order valence-electron chi connectivity index (χ1n) is 6.09. The average molecular weight is 181 g/mol. The Morgan fingerprint density at radius 3 is 2.62 bits per heavy atom. The monoisotopic (exact) mass is 181 g/mol. The van der Waals surface area contributed by atoms with Gasteiger partial charge in [-0.1, -0.05) is 32.1 Å². The lowest BCUT2D eigenvalue weighted by atomic mass is 9.87. The maximum atomic E-state index is 3.64. The van der Waals surface area contributed by atoms with E-state index in [1.54, 1.807) is 0 Å². The zero-order valence-corrected chi connectivity index (χ0v) is 8.89. The molecule has 0 aromatic heterocycles. The zero-order chi connectivity index (χ0) is 9.10. The first-order valence-corrected chi connectivity index (χ1v) is 6.09. The largest absolute Gasteiger partial charge is 0.314 e. The minimum absolute atomic E-state index is 0.767. The lowest BCUT2D eigenvalue weighted by Crippen LogP contribution is -2.28. The number of fused-ring (bicyclic) bond motifs is 1. The molecule has 3 atom stereocenters. The van der Waals surface area contributed by atoms with Crippen LogP contribution in [0, 0.1) is 11.8 Å². The third-order valence-electron chi connectivity index (χ3n) is 3.97. The van der Waals surface area contributed by atoms with Crippen molar-refractivity contribution in [1.29, 1.82) is 0 Å². The van der Waals surface area contributed by atoms with Gasteiger partial charge in [0.05, 0.1) is 0 Å². The standard InChI is InChI=1S/C12H23N/c1-10-9-12-7-4-6-11(12)5-2-3-8-13-10/h10-13H,2-9H2,1H3/t10?,11?,12-/m1/s1. The van der Waals surface area contributed by atoms with Gasteiger partial charge in [-0.05, 0) is 38.1 Å². The van der Waals surface area contributed by atoms with Crippen LogP contribution in [0.2, 0.25) is 0 Å². The second-order valence-corrected chi connectivity index (χ2v) is 5.04. The van der Waals surface area contributed by atoms with Crippen LogP contribution in [-0.2, 0) is 0 Å². The minimum Gasteiger partial charge on any atom is -0.314 e. The van der Waals surface area contributed by atoms with Gasteiger partial charge in [0.25, 0.3) is 0 Å².